The van der Waals surface area contributed by atoms with E-state index in [1.807, 2.05) is 31.2 Å². The average Bonchev–Trinajstić information content (AvgIpc) is 2.49. The first-order valence-electron chi connectivity index (χ1n) is 6.24. The number of hydrogen-bond acceptors (Lipinski definition) is 4. The van der Waals surface area contributed by atoms with Crippen molar-refractivity contribution < 1.29 is 9.47 Å². The average molecular weight is 293 g/mol. The number of methoxy groups -OCH3 is 2. The summed E-state index contributed by atoms with van der Waals surface area (Å²) in [6.45, 7) is 2.03. The second kappa shape index (κ2) is 6.48. The number of benzene rings is 1. The van der Waals surface area contributed by atoms with Gasteiger partial charge in [0.25, 0.3) is 0 Å². The molecule has 0 spiro atoms. The maximum Gasteiger partial charge on any atom is 0.143 e. The Morgan fingerprint density at radius 3 is 2.50 bits per heavy atom. The predicted octanol–water partition coefficient (Wildman–Crippen LogP) is 3.93. The lowest BCUT2D eigenvalue weighted by Gasteiger charge is -2.18. The van der Waals surface area contributed by atoms with E-state index in [1.165, 1.54) is 0 Å². The van der Waals surface area contributed by atoms with Crippen LogP contribution in [0.15, 0.2) is 36.5 Å². The van der Waals surface area contributed by atoms with Crippen LogP contribution >= 0.6 is 11.6 Å². The Labute approximate surface area is 123 Å². The van der Waals surface area contributed by atoms with E-state index in [-0.39, 0.29) is 6.04 Å². The van der Waals surface area contributed by atoms with Crippen LogP contribution in [0.4, 0.5) is 5.69 Å². The molecule has 1 aromatic heterocycles. The topological polar surface area (TPSA) is 43.4 Å². The molecule has 20 heavy (non-hydrogen) atoms. The first kappa shape index (κ1) is 14.5. The van der Waals surface area contributed by atoms with Crippen molar-refractivity contribution in [2.45, 2.75) is 13.0 Å². The van der Waals surface area contributed by atoms with Gasteiger partial charge in [-0.2, -0.15) is 0 Å². The zero-order valence-electron chi connectivity index (χ0n) is 11.7. The Morgan fingerprint density at radius 1 is 1.15 bits per heavy atom. The monoisotopic (exact) mass is 292 g/mol. The van der Waals surface area contributed by atoms with Crippen LogP contribution in [0.1, 0.15) is 18.7 Å². The number of rotatable bonds is 5. The highest BCUT2D eigenvalue weighted by molar-refractivity contribution is 6.32. The molecule has 0 radical (unpaired) electrons. The first-order chi connectivity index (χ1) is 9.65. The van der Waals surface area contributed by atoms with E-state index in [1.54, 1.807) is 26.5 Å². The molecule has 0 amide bonds. The van der Waals surface area contributed by atoms with Crippen molar-refractivity contribution in [3.8, 4) is 11.5 Å². The van der Waals surface area contributed by atoms with Crippen LogP contribution < -0.4 is 14.8 Å². The van der Waals surface area contributed by atoms with Gasteiger partial charge in [-0.1, -0.05) is 17.7 Å². The molecule has 106 valence electrons. The minimum absolute atomic E-state index is 0.0379. The fraction of sp³-hybridized carbons (Fsp3) is 0.267. The Kier molecular flexibility index (Phi) is 4.69. The lowest BCUT2D eigenvalue weighted by molar-refractivity contribution is 0.404. The molecule has 0 aliphatic rings. The Bertz CT molecular complexity index is 576. The van der Waals surface area contributed by atoms with Gasteiger partial charge in [0.05, 0.1) is 36.7 Å². The SMILES string of the molecule is COc1cc(NC(C)c2ccccn2)c(OC)cc1Cl. The van der Waals surface area contributed by atoms with Crippen molar-refractivity contribution in [2.75, 3.05) is 19.5 Å². The second-order valence-electron chi connectivity index (χ2n) is 4.31. The molecule has 1 atom stereocenters. The number of halogens is 1. The van der Waals surface area contributed by atoms with Gasteiger partial charge in [0.2, 0.25) is 0 Å². The zero-order chi connectivity index (χ0) is 14.5. The molecule has 2 aromatic rings. The molecule has 1 unspecified atom stereocenters. The molecule has 0 fully saturated rings. The number of ether oxygens (including phenoxy) is 2. The number of aromatic nitrogens is 1. The molecule has 0 aliphatic carbocycles. The van der Waals surface area contributed by atoms with Gasteiger partial charge in [0.15, 0.2) is 0 Å². The number of nitrogens with one attached hydrogen (secondary N) is 1. The highest BCUT2D eigenvalue weighted by Crippen LogP contribution is 2.37. The molecule has 2 rings (SSSR count). The number of anilines is 1. The molecule has 1 N–H and O–H groups in total. The van der Waals surface area contributed by atoms with Crippen LogP contribution in [0.2, 0.25) is 5.02 Å². The Hall–Kier alpha value is -1.94. The van der Waals surface area contributed by atoms with Gasteiger partial charge < -0.3 is 14.8 Å². The number of pyridine rings is 1. The molecule has 0 bridgehead atoms. The van der Waals surface area contributed by atoms with Crippen molar-refractivity contribution in [2.24, 2.45) is 0 Å². The van der Waals surface area contributed by atoms with Gasteiger partial charge in [-0.25, -0.2) is 0 Å². The second-order valence-corrected chi connectivity index (χ2v) is 4.71. The third-order valence-electron chi connectivity index (χ3n) is 2.98. The summed E-state index contributed by atoms with van der Waals surface area (Å²) in [5.41, 5.74) is 1.76. The zero-order valence-corrected chi connectivity index (χ0v) is 12.4. The van der Waals surface area contributed by atoms with Crippen molar-refractivity contribution in [1.82, 2.24) is 4.98 Å². The summed E-state index contributed by atoms with van der Waals surface area (Å²) < 4.78 is 10.6. The quantitative estimate of drug-likeness (QED) is 0.907. The normalized spacial score (nSPS) is 11.8. The van der Waals surface area contributed by atoms with Crippen LogP contribution in [0, 0.1) is 0 Å². The highest BCUT2D eigenvalue weighted by Gasteiger charge is 2.13. The van der Waals surface area contributed by atoms with Crippen molar-refractivity contribution in [3.63, 3.8) is 0 Å². The maximum absolute atomic E-state index is 6.09. The van der Waals surface area contributed by atoms with Gasteiger partial charge >= 0.3 is 0 Å². The van der Waals surface area contributed by atoms with E-state index >= 15 is 0 Å². The summed E-state index contributed by atoms with van der Waals surface area (Å²) in [5.74, 6) is 1.27. The summed E-state index contributed by atoms with van der Waals surface area (Å²) in [4.78, 5) is 4.33. The molecular weight excluding hydrogens is 276 g/mol. The first-order valence-corrected chi connectivity index (χ1v) is 6.62. The van der Waals surface area contributed by atoms with E-state index in [4.69, 9.17) is 21.1 Å². The summed E-state index contributed by atoms with van der Waals surface area (Å²) in [7, 11) is 3.19. The predicted molar refractivity (Wildman–Crippen MR) is 80.8 cm³/mol. The lowest BCUT2D eigenvalue weighted by atomic mass is 10.2. The Morgan fingerprint density at radius 2 is 1.90 bits per heavy atom. The van der Waals surface area contributed by atoms with Crippen LogP contribution in [-0.4, -0.2) is 19.2 Å². The van der Waals surface area contributed by atoms with E-state index in [9.17, 15) is 0 Å². The molecule has 0 saturated carbocycles. The van der Waals surface area contributed by atoms with Crippen LogP contribution in [0.5, 0.6) is 11.5 Å². The molecule has 0 aliphatic heterocycles. The van der Waals surface area contributed by atoms with Gasteiger partial charge in [-0.05, 0) is 19.1 Å². The van der Waals surface area contributed by atoms with Crippen LogP contribution in [-0.2, 0) is 0 Å². The molecule has 0 saturated heterocycles. The van der Waals surface area contributed by atoms with Crippen molar-refractivity contribution in [1.29, 1.82) is 0 Å². The fourth-order valence-corrected chi connectivity index (χ4v) is 2.14. The van der Waals surface area contributed by atoms with Gasteiger partial charge in [-0.15, -0.1) is 0 Å². The molecule has 5 heteroatoms. The third kappa shape index (κ3) is 3.14. The minimum atomic E-state index is 0.0379. The standard InChI is InChI=1S/C15H17ClN2O2/c1-10(12-6-4-5-7-17-12)18-13-9-14(19-2)11(16)8-15(13)20-3/h4-10,18H,1-3H3. The van der Waals surface area contributed by atoms with Gasteiger partial charge in [-0.3, -0.25) is 4.98 Å². The summed E-state index contributed by atoms with van der Waals surface area (Å²) in [6.07, 6.45) is 1.77. The number of hydrogen-bond donors (Lipinski definition) is 1. The van der Waals surface area contributed by atoms with E-state index < -0.39 is 0 Å². The van der Waals surface area contributed by atoms with E-state index in [0.29, 0.717) is 16.5 Å². The molecular formula is C15H17ClN2O2. The fourth-order valence-electron chi connectivity index (χ4n) is 1.91. The minimum Gasteiger partial charge on any atom is -0.495 e. The summed E-state index contributed by atoms with van der Waals surface area (Å²) in [6, 6.07) is 9.41. The lowest BCUT2D eigenvalue weighted by Crippen LogP contribution is -2.09. The summed E-state index contributed by atoms with van der Waals surface area (Å²) >= 11 is 6.09. The molecule has 1 heterocycles. The van der Waals surface area contributed by atoms with E-state index in [0.717, 1.165) is 11.4 Å². The van der Waals surface area contributed by atoms with Crippen molar-refractivity contribution >= 4 is 17.3 Å². The Balaban J connectivity index is 2.28. The third-order valence-corrected chi connectivity index (χ3v) is 3.27. The smallest absolute Gasteiger partial charge is 0.143 e. The number of nitrogens with zero attached hydrogens (tertiary/aromatic N) is 1. The van der Waals surface area contributed by atoms with Gasteiger partial charge in [0, 0.05) is 18.3 Å². The molecule has 1 aromatic carbocycles. The highest BCUT2D eigenvalue weighted by atomic mass is 35.5. The maximum atomic E-state index is 6.09. The van der Waals surface area contributed by atoms with Crippen LogP contribution in [0.3, 0.4) is 0 Å². The van der Waals surface area contributed by atoms with Crippen LogP contribution in [0.25, 0.3) is 0 Å². The summed E-state index contributed by atoms with van der Waals surface area (Å²) in [5, 5.41) is 3.87. The van der Waals surface area contributed by atoms with Gasteiger partial charge in [0.1, 0.15) is 11.5 Å². The van der Waals surface area contributed by atoms with Crippen molar-refractivity contribution in [3.05, 3.63) is 47.2 Å². The van der Waals surface area contributed by atoms with E-state index in [2.05, 4.69) is 10.3 Å². The largest absolute Gasteiger partial charge is 0.495 e. The molecule has 4 nitrogen and oxygen atoms in total.